The number of benzene rings is 1. The predicted molar refractivity (Wildman–Crippen MR) is 59.3 cm³/mol. The minimum absolute atomic E-state index is 0.104. The maximum absolute atomic E-state index is 5.24. The topological polar surface area (TPSA) is 50.7 Å². The van der Waals surface area contributed by atoms with Gasteiger partial charge in [-0.05, 0) is 19.1 Å². The zero-order chi connectivity index (χ0) is 10.7. The van der Waals surface area contributed by atoms with Crippen molar-refractivity contribution in [2.75, 3.05) is 5.32 Å². The minimum atomic E-state index is -0.104. The zero-order valence-corrected chi connectivity index (χ0v) is 8.31. The van der Waals surface area contributed by atoms with Gasteiger partial charge >= 0.3 is 0 Å². The molecule has 0 saturated heterocycles. The van der Waals surface area contributed by atoms with Crippen LogP contribution in [-0.4, -0.2) is 21.2 Å². The van der Waals surface area contributed by atoms with Crippen LogP contribution < -0.4 is 5.32 Å². The van der Waals surface area contributed by atoms with Crippen LogP contribution in [0.5, 0.6) is 0 Å². The molecule has 0 aliphatic heterocycles. The van der Waals surface area contributed by atoms with E-state index in [0.29, 0.717) is 5.95 Å². The Kier molecular flexibility index (Phi) is 2.46. The smallest absolute Gasteiger partial charge is 0.244 e. The van der Waals surface area contributed by atoms with Crippen molar-refractivity contribution in [1.82, 2.24) is 15.2 Å². The second-order valence-corrected chi connectivity index (χ2v) is 3.16. The van der Waals surface area contributed by atoms with Crippen LogP contribution >= 0.6 is 0 Å². The summed E-state index contributed by atoms with van der Waals surface area (Å²) in [4.78, 5) is 4.28. The van der Waals surface area contributed by atoms with Gasteiger partial charge in [-0.1, -0.05) is 18.1 Å². The molecule has 1 unspecified atom stereocenters. The van der Waals surface area contributed by atoms with E-state index in [1.807, 2.05) is 31.2 Å². The largest absolute Gasteiger partial charge is 0.340 e. The van der Waals surface area contributed by atoms with Crippen LogP contribution in [-0.2, 0) is 0 Å². The molecule has 1 heterocycles. The molecular formula is C11H10N4. The molecule has 74 valence electrons. The van der Waals surface area contributed by atoms with Crippen molar-refractivity contribution >= 4 is 17.0 Å². The Morgan fingerprint density at radius 3 is 2.73 bits per heavy atom. The first-order valence-electron chi connectivity index (χ1n) is 4.62. The molecule has 4 heteroatoms. The average Bonchev–Trinajstić information content (AvgIpc) is 2.29. The zero-order valence-electron chi connectivity index (χ0n) is 8.31. The molecule has 1 atom stereocenters. The summed E-state index contributed by atoms with van der Waals surface area (Å²) in [6, 6.07) is 7.45. The number of hydrogen-bond acceptors (Lipinski definition) is 4. The lowest BCUT2D eigenvalue weighted by molar-refractivity contribution is 0.945. The van der Waals surface area contributed by atoms with Crippen molar-refractivity contribution in [2.24, 2.45) is 0 Å². The van der Waals surface area contributed by atoms with Gasteiger partial charge in [0.2, 0.25) is 5.95 Å². The predicted octanol–water partition coefficient (Wildman–Crippen LogP) is 1.46. The van der Waals surface area contributed by atoms with Gasteiger partial charge in [0, 0.05) is 0 Å². The summed E-state index contributed by atoms with van der Waals surface area (Å²) in [6.07, 6.45) is 5.24. The number of hydrogen-bond donors (Lipinski definition) is 1. The van der Waals surface area contributed by atoms with E-state index in [0.717, 1.165) is 11.0 Å². The highest BCUT2D eigenvalue weighted by molar-refractivity contribution is 5.74. The lowest BCUT2D eigenvalue weighted by Crippen LogP contribution is -2.14. The highest BCUT2D eigenvalue weighted by atomic mass is 15.2. The van der Waals surface area contributed by atoms with Crippen LogP contribution in [0.1, 0.15) is 6.92 Å². The quantitative estimate of drug-likeness (QED) is 0.742. The van der Waals surface area contributed by atoms with Crippen molar-refractivity contribution in [1.29, 1.82) is 0 Å². The van der Waals surface area contributed by atoms with Crippen LogP contribution in [0.15, 0.2) is 24.3 Å². The lowest BCUT2D eigenvalue weighted by Gasteiger charge is -2.06. The number of rotatable bonds is 2. The fraction of sp³-hybridized carbons (Fsp3) is 0.182. The van der Waals surface area contributed by atoms with Crippen LogP contribution in [0.25, 0.3) is 11.0 Å². The van der Waals surface area contributed by atoms with E-state index in [4.69, 9.17) is 6.42 Å². The Hall–Kier alpha value is -2.15. The molecule has 15 heavy (non-hydrogen) atoms. The number of aromatic nitrogens is 3. The van der Waals surface area contributed by atoms with E-state index in [2.05, 4.69) is 26.4 Å². The Morgan fingerprint density at radius 2 is 2.00 bits per heavy atom. The van der Waals surface area contributed by atoms with Gasteiger partial charge in [-0.15, -0.1) is 16.6 Å². The fourth-order valence-corrected chi connectivity index (χ4v) is 1.18. The first-order valence-corrected chi connectivity index (χ1v) is 4.62. The van der Waals surface area contributed by atoms with E-state index >= 15 is 0 Å². The molecular weight excluding hydrogens is 188 g/mol. The molecule has 0 saturated carbocycles. The molecule has 0 aliphatic rings. The molecule has 1 aromatic carbocycles. The summed E-state index contributed by atoms with van der Waals surface area (Å²) >= 11 is 0. The molecule has 0 spiro atoms. The molecule has 1 N–H and O–H groups in total. The molecule has 4 nitrogen and oxygen atoms in total. The summed E-state index contributed by atoms with van der Waals surface area (Å²) in [7, 11) is 0. The molecule has 1 aromatic heterocycles. The molecule has 0 fully saturated rings. The molecule has 2 rings (SSSR count). The summed E-state index contributed by atoms with van der Waals surface area (Å²) in [6.45, 7) is 1.86. The first kappa shape index (κ1) is 9.41. The highest BCUT2D eigenvalue weighted by Gasteiger charge is 2.02. The third kappa shape index (κ3) is 2.02. The van der Waals surface area contributed by atoms with E-state index in [-0.39, 0.29) is 6.04 Å². The van der Waals surface area contributed by atoms with E-state index < -0.39 is 0 Å². The van der Waals surface area contributed by atoms with Crippen molar-refractivity contribution in [3.8, 4) is 12.3 Å². The van der Waals surface area contributed by atoms with Gasteiger partial charge in [-0.2, -0.15) is 0 Å². The SMILES string of the molecule is C#CC(C)Nc1nnc2ccccc2n1. The van der Waals surface area contributed by atoms with Gasteiger partial charge in [0.15, 0.2) is 0 Å². The number of terminal acetylenes is 1. The Balaban J connectivity index is 2.35. The second-order valence-electron chi connectivity index (χ2n) is 3.16. The number of nitrogens with zero attached hydrogens (tertiary/aromatic N) is 3. The van der Waals surface area contributed by atoms with Gasteiger partial charge in [-0.3, -0.25) is 0 Å². The summed E-state index contributed by atoms with van der Waals surface area (Å²) in [5, 5.41) is 10.9. The Morgan fingerprint density at radius 1 is 1.27 bits per heavy atom. The molecule has 2 aromatic rings. The summed E-state index contributed by atoms with van der Waals surface area (Å²) in [5.74, 6) is 3.00. The van der Waals surface area contributed by atoms with Crippen molar-refractivity contribution < 1.29 is 0 Å². The monoisotopic (exact) mass is 198 g/mol. The van der Waals surface area contributed by atoms with Crippen molar-refractivity contribution in [2.45, 2.75) is 13.0 Å². The molecule has 0 bridgehead atoms. The van der Waals surface area contributed by atoms with Gasteiger partial charge < -0.3 is 5.32 Å². The minimum Gasteiger partial charge on any atom is -0.340 e. The Bertz CT molecular complexity index is 515. The van der Waals surface area contributed by atoms with Crippen LogP contribution in [0.3, 0.4) is 0 Å². The van der Waals surface area contributed by atoms with E-state index in [9.17, 15) is 0 Å². The van der Waals surface area contributed by atoms with Crippen LogP contribution in [0.4, 0.5) is 5.95 Å². The van der Waals surface area contributed by atoms with Gasteiger partial charge in [0.05, 0.1) is 11.6 Å². The van der Waals surface area contributed by atoms with Crippen LogP contribution in [0.2, 0.25) is 0 Å². The number of anilines is 1. The normalized spacial score (nSPS) is 12.0. The third-order valence-electron chi connectivity index (χ3n) is 1.96. The molecule has 0 amide bonds. The summed E-state index contributed by atoms with van der Waals surface area (Å²) < 4.78 is 0. The highest BCUT2D eigenvalue weighted by Crippen LogP contribution is 2.09. The summed E-state index contributed by atoms with van der Waals surface area (Å²) in [5.41, 5.74) is 1.58. The Labute approximate surface area is 87.7 Å². The van der Waals surface area contributed by atoms with Gasteiger partial charge in [-0.25, -0.2) is 4.98 Å². The fourth-order valence-electron chi connectivity index (χ4n) is 1.18. The van der Waals surface area contributed by atoms with Crippen molar-refractivity contribution in [3.63, 3.8) is 0 Å². The second kappa shape index (κ2) is 3.93. The number of nitrogens with one attached hydrogen (secondary N) is 1. The third-order valence-corrected chi connectivity index (χ3v) is 1.96. The van der Waals surface area contributed by atoms with E-state index in [1.165, 1.54) is 0 Å². The lowest BCUT2D eigenvalue weighted by atomic mass is 10.3. The maximum Gasteiger partial charge on any atom is 0.244 e. The maximum atomic E-state index is 5.24. The van der Waals surface area contributed by atoms with Crippen LogP contribution in [0, 0.1) is 12.3 Å². The number of fused-ring (bicyclic) bond motifs is 1. The molecule has 0 radical (unpaired) electrons. The first-order chi connectivity index (χ1) is 7.29. The number of para-hydroxylation sites is 1. The van der Waals surface area contributed by atoms with E-state index in [1.54, 1.807) is 0 Å². The standard InChI is InChI=1S/C11H10N4/c1-3-8(2)12-11-13-9-6-4-5-7-10(9)14-15-11/h1,4-8H,2H3,(H,12,13,15). The molecule has 0 aliphatic carbocycles. The van der Waals surface area contributed by atoms with Crippen molar-refractivity contribution in [3.05, 3.63) is 24.3 Å². The average molecular weight is 198 g/mol. The van der Waals surface area contributed by atoms with Gasteiger partial charge in [0.25, 0.3) is 0 Å². The van der Waals surface area contributed by atoms with Gasteiger partial charge in [0.1, 0.15) is 5.52 Å².